The van der Waals surface area contributed by atoms with Crippen molar-refractivity contribution in [3.63, 3.8) is 0 Å². The summed E-state index contributed by atoms with van der Waals surface area (Å²) in [5, 5.41) is 11.5. The highest BCUT2D eigenvalue weighted by Gasteiger charge is 2.37. The van der Waals surface area contributed by atoms with Crippen LogP contribution in [0.3, 0.4) is 0 Å². The first kappa shape index (κ1) is 13.9. The quantitative estimate of drug-likeness (QED) is 0.684. The minimum atomic E-state index is -1.24. The molecule has 1 atom stereocenters. The molecule has 0 aliphatic heterocycles. The number of rotatable bonds is 6. The zero-order valence-electron chi connectivity index (χ0n) is 9.66. The Bertz CT molecular complexity index is 240. The molecular weight excluding hydrogens is 198 g/mol. The molecule has 15 heavy (non-hydrogen) atoms. The minimum absolute atomic E-state index is 0.105. The predicted molar refractivity (Wildman–Crippen MR) is 55.5 cm³/mol. The molecule has 2 N–H and O–H groups in total. The second-order valence-corrected chi connectivity index (χ2v) is 3.85. The molecule has 1 unspecified atom stereocenters. The van der Waals surface area contributed by atoms with Gasteiger partial charge in [0.25, 0.3) is 0 Å². The summed E-state index contributed by atoms with van der Waals surface area (Å²) in [6, 6.07) is 0. The van der Waals surface area contributed by atoms with Crippen LogP contribution in [-0.4, -0.2) is 35.7 Å². The van der Waals surface area contributed by atoms with Crippen molar-refractivity contribution < 1.29 is 19.4 Å². The fourth-order valence-electron chi connectivity index (χ4n) is 0.965. The van der Waals surface area contributed by atoms with Gasteiger partial charge in [0.1, 0.15) is 12.1 Å². The van der Waals surface area contributed by atoms with Crippen LogP contribution in [0.25, 0.3) is 0 Å². The molecule has 0 fully saturated rings. The van der Waals surface area contributed by atoms with E-state index in [2.05, 4.69) is 5.32 Å². The number of hydrogen-bond acceptors (Lipinski definition) is 3. The molecule has 0 aliphatic rings. The summed E-state index contributed by atoms with van der Waals surface area (Å²) in [6.07, 6.45) is 0. The molecule has 0 saturated carbocycles. The van der Waals surface area contributed by atoms with Gasteiger partial charge in [-0.05, 0) is 19.8 Å². The lowest BCUT2D eigenvalue weighted by Gasteiger charge is -2.30. The number of carboxylic acid groups (broad SMARTS) is 1. The first-order valence-electron chi connectivity index (χ1n) is 4.96. The summed E-state index contributed by atoms with van der Waals surface area (Å²) >= 11 is 0. The van der Waals surface area contributed by atoms with E-state index in [1.54, 1.807) is 20.8 Å². The molecule has 0 saturated heterocycles. The van der Waals surface area contributed by atoms with Crippen LogP contribution in [0.5, 0.6) is 0 Å². The van der Waals surface area contributed by atoms with Crippen LogP contribution >= 0.6 is 0 Å². The number of nitrogens with one attached hydrogen (secondary N) is 1. The smallest absolute Gasteiger partial charge is 0.329 e. The minimum Gasteiger partial charge on any atom is -0.480 e. The SMILES string of the molecule is CCOCC(=O)NC(C)(C(=O)O)C(C)C. The third kappa shape index (κ3) is 3.87. The van der Waals surface area contributed by atoms with Crippen molar-refractivity contribution in [2.24, 2.45) is 5.92 Å². The second kappa shape index (κ2) is 5.70. The van der Waals surface area contributed by atoms with Gasteiger partial charge in [-0.2, -0.15) is 0 Å². The fourth-order valence-corrected chi connectivity index (χ4v) is 0.965. The van der Waals surface area contributed by atoms with E-state index in [1.807, 2.05) is 0 Å². The van der Waals surface area contributed by atoms with Gasteiger partial charge in [-0.25, -0.2) is 4.79 Å². The average Bonchev–Trinajstić information content (AvgIpc) is 2.13. The zero-order chi connectivity index (χ0) is 12.1. The Hall–Kier alpha value is -1.10. The van der Waals surface area contributed by atoms with Crippen molar-refractivity contribution in [2.45, 2.75) is 33.2 Å². The van der Waals surface area contributed by atoms with Crippen LogP contribution in [0.1, 0.15) is 27.7 Å². The van der Waals surface area contributed by atoms with Crippen molar-refractivity contribution in [1.29, 1.82) is 0 Å². The van der Waals surface area contributed by atoms with E-state index in [0.717, 1.165) is 0 Å². The predicted octanol–water partition coefficient (Wildman–Crippen LogP) is 0.638. The Morgan fingerprint density at radius 1 is 1.47 bits per heavy atom. The van der Waals surface area contributed by atoms with Crippen LogP contribution in [0.2, 0.25) is 0 Å². The molecule has 0 aromatic heterocycles. The summed E-state index contributed by atoms with van der Waals surface area (Å²) in [4.78, 5) is 22.3. The topological polar surface area (TPSA) is 75.6 Å². The Kier molecular flexibility index (Phi) is 5.28. The number of carbonyl (C=O) groups is 2. The lowest BCUT2D eigenvalue weighted by molar-refractivity contribution is -0.149. The van der Waals surface area contributed by atoms with Crippen molar-refractivity contribution in [3.05, 3.63) is 0 Å². The number of ether oxygens (including phenoxy) is 1. The highest BCUT2D eigenvalue weighted by molar-refractivity contribution is 5.87. The van der Waals surface area contributed by atoms with Crippen molar-refractivity contribution in [2.75, 3.05) is 13.2 Å². The second-order valence-electron chi connectivity index (χ2n) is 3.85. The Balaban J connectivity index is 4.43. The average molecular weight is 217 g/mol. The van der Waals surface area contributed by atoms with Crippen LogP contribution in [0.4, 0.5) is 0 Å². The van der Waals surface area contributed by atoms with Gasteiger partial charge in [0.2, 0.25) is 5.91 Å². The monoisotopic (exact) mass is 217 g/mol. The van der Waals surface area contributed by atoms with E-state index in [0.29, 0.717) is 6.61 Å². The molecule has 0 aromatic rings. The van der Waals surface area contributed by atoms with Crippen molar-refractivity contribution in [3.8, 4) is 0 Å². The van der Waals surface area contributed by atoms with Crippen LogP contribution in [0, 0.1) is 5.92 Å². The number of hydrogen-bond donors (Lipinski definition) is 2. The van der Waals surface area contributed by atoms with Gasteiger partial charge in [0.15, 0.2) is 0 Å². The molecule has 0 aromatic carbocycles. The summed E-state index contributed by atoms with van der Waals surface area (Å²) in [6.45, 7) is 7.07. The molecule has 5 heteroatoms. The third-order valence-electron chi connectivity index (χ3n) is 2.44. The van der Waals surface area contributed by atoms with Gasteiger partial charge in [0.05, 0.1) is 0 Å². The standard InChI is InChI=1S/C10H19NO4/c1-5-15-6-8(12)11-10(4,7(2)3)9(13)14/h7H,5-6H2,1-4H3,(H,11,12)(H,13,14). The van der Waals surface area contributed by atoms with Crippen molar-refractivity contribution in [1.82, 2.24) is 5.32 Å². The molecule has 0 aliphatic carbocycles. The maximum Gasteiger partial charge on any atom is 0.329 e. The molecule has 0 rings (SSSR count). The number of amides is 1. The number of aliphatic carboxylic acids is 1. The molecule has 0 radical (unpaired) electrons. The molecule has 5 nitrogen and oxygen atoms in total. The lowest BCUT2D eigenvalue weighted by Crippen LogP contribution is -2.56. The maximum absolute atomic E-state index is 11.3. The highest BCUT2D eigenvalue weighted by Crippen LogP contribution is 2.16. The van der Waals surface area contributed by atoms with E-state index in [-0.39, 0.29) is 12.5 Å². The summed E-state index contributed by atoms with van der Waals surface area (Å²) in [5.74, 6) is -1.64. The van der Waals surface area contributed by atoms with Gasteiger partial charge >= 0.3 is 5.97 Å². The molecule has 0 heterocycles. The molecule has 1 amide bonds. The summed E-state index contributed by atoms with van der Waals surface area (Å²) in [7, 11) is 0. The Morgan fingerprint density at radius 3 is 2.33 bits per heavy atom. The normalized spacial score (nSPS) is 14.7. The van der Waals surface area contributed by atoms with E-state index in [1.165, 1.54) is 6.92 Å². The van der Waals surface area contributed by atoms with Gasteiger partial charge in [-0.15, -0.1) is 0 Å². The van der Waals surface area contributed by atoms with Gasteiger partial charge in [-0.3, -0.25) is 4.79 Å². The van der Waals surface area contributed by atoms with Gasteiger partial charge in [0, 0.05) is 6.61 Å². The van der Waals surface area contributed by atoms with Crippen LogP contribution in [-0.2, 0) is 14.3 Å². The van der Waals surface area contributed by atoms with E-state index in [4.69, 9.17) is 9.84 Å². The van der Waals surface area contributed by atoms with Gasteiger partial charge < -0.3 is 15.2 Å². The largest absolute Gasteiger partial charge is 0.480 e. The zero-order valence-corrected chi connectivity index (χ0v) is 9.66. The van der Waals surface area contributed by atoms with E-state index >= 15 is 0 Å². The maximum atomic E-state index is 11.3. The number of carbonyl (C=O) groups excluding carboxylic acids is 1. The van der Waals surface area contributed by atoms with Gasteiger partial charge in [-0.1, -0.05) is 13.8 Å². The molecule has 88 valence electrons. The fraction of sp³-hybridized carbons (Fsp3) is 0.800. The van der Waals surface area contributed by atoms with Crippen LogP contribution in [0.15, 0.2) is 0 Å². The first-order chi connectivity index (χ1) is 6.84. The van der Waals surface area contributed by atoms with E-state index in [9.17, 15) is 9.59 Å². The number of carboxylic acids is 1. The first-order valence-corrected chi connectivity index (χ1v) is 4.96. The third-order valence-corrected chi connectivity index (χ3v) is 2.44. The molecular formula is C10H19NO4. The summed E-state index contributed by atoms with van der Waals surface area (Å²) in [5.41, 5.74) is -1.24. The summed E-state index contributed by atoms with van der Waals surface area (Å²) < 4.78 is 4.90. The molecule has 0 bridgehead atoms. The Labute approximate surface area is 89.8 Å². The van der Waals surface area contributed by atoms with E-state index < -0.39 is 17.4 Å². The van der Waals surface area contributed by atoms with Crippen LogP contribution < -0.4 is 5.32 Å². The molecule has 0 spiro atoms. The highest BCUT2D eigenvalue weighted by atomic mass is 16.5. The lowest BCUT2D eigenvalue weighted by atomic mass is 9.88. The Morgan fingerprint density at radius 2 is 2.00 bits per heavy atom. The van der Waals surface area contributed by atoms with Crippen molar-refractivity contribution >= 4 is 11.9 Å².